The maximum absolute atomic E-state index is 13.3. The number of rotatable bonds is 45. The van der Waals surface area contributed by atoms with Gasteiger partial charge >= 0.3 is 0 Å². The van der Waals surface area contributed by atoms with Gasteiger partial charge in [-0.15, -0.1) is 0 Å². The van der Waals surface area contributed by atoms with Gasteiger partial charge in [0.2, 0.25) is 5.91 Å². The zero-order valence-corrected chi connectivity index (χ0v) is 47.2. The molecule has 454 valence electrons. The first-order valence-corrected chi connectivity index (χ1v) is 30.4. The lowest BCUT2D eigenvalue weighted by atomic mass is 9.96. The quantitative estimate of drug-likeness (QED) is 0.0269. The standard InChI is InChI=1S/C58H109NO18/c1-3-5-7-9-11-12-13-14-15-16-17-18-19-20-21-22-23-24-25-26-27-28-30-32-34-36-46(64)59-41(42(63)35-33-31-29-10-8-6-4-2)40-72-56-52(70)49(67)54(44(38-61)74-56)77-58-53(71)50(68)55(45(39-62)75-58)76-57-51(69)48(66)47(65)43(37-60)73-57/h16-17,41-45,47-58,60-63,65-71H,3-15,18-40H2,1-2H3,(H,59,64)/b17-16-. The van der Waals surface area contributed by atoms with Crippen molar-refractivity contribution in [2.24, 2.45) is 0 Å². The average molecular weight is 1110 g/mol. The highest BCUT2D eigenvalue weighted by Gasteiger charge is 2.53. The maximum atomic E-state index is 13.3. The Morgan fingerprint density at radius 2 is 0.818 bits per heavy atom. The molecule has 0 aromatic rings. The molecule has 3 saturated heterocycles. The van der Waals surface area contributed by atoms with Crippen LogP contribution in [0.2, 0.25) is 0 Å². The van der Waals surface area contributed by atoms with E-state index in [0.717, 1.165) is 57.8 Å². The third kappa shape index (κ3) is 26.5. The topological polar surface area (TPSA) is 307 Å². The summed E-state index contributed by atoms with van der Waals surface area (Å²) in [6, 6.07) is -0.880. The second-order valence-corrected chi connectivity index (χ2v) is 22.2. The third-order valence-corrected chi connectivity index (χ3v) is 15.6. The second kappa shape index (κ2) is 42.4. The number of hydrogen-bond acceptors (Lipinski definition) is 18. The molecular formula is C58H109NO18. The molecule has 1 amide bonds. The fourth-order valence-electron chi connectivity index (χ4n) is 10.5. The minimum Gasteiger partial charge on any atom is -0.394 e. The first kappa shape index (κ1) is 69.8. The Kier molecular flexibility index (Phi) is 38.4. The minimum absolute atomic E-state index is 0.246. The Balaban J connectivity index is 1.39. The Morgan fingerprint density at radius 3 is 1.26 bits per heavy atom. The predicted octanol–water partition coefficient (Wildman–Crippen LogP) is 5.38. The molecule has 3 rings (SSSR count). The maximum Gasteiger partial charge on any atom is 0.220 e. The zero-order chi connectivity index (χ0) is 56.2. The number of aliphatic hydroxyl groups excluding tert-OH is 11. The van der Waals surface area contributed by atoms with Crippen LogP contribution in [0.5, 0.6) is 0 Å². The lowest BCUT2D eigenvalue weighted by molar-refractivity contribution is -0.379. The van der Waals surface area contributed by atoms with E-state index in [4.69, 9.17) is 28.4 Å². The lowest BCUT2D eigenvalue weighted by Crippen LogP contribution is -2.66. The van der Waals surface area contributed by atoms with Gasteiger partial charge in [-0.25, -0.2) is 0 Å². The highest BCUT2D eigenvalue weighted by molar-refractivity contribution is 5.76. The molecule has 19 nitrogen and oxygen atoms in total. The van der Waals surface area contributed by atoms with Crippen LogP contribution in [0.15, 0.2) is 12.2 Å². The fourth-order valence-corrected chi connectivity index (χ4v) is 10.5. The van der Waals surface area contributed by atoms with Gasteiger partial charge in [-0.3, -0.25) is 4.79 Å². The van der Waals surface area contributed by atoms with Crippen molar-refractivity contribution >= 4 is 5.91 Å². The molecule has 0 saturated carbocycles. The summed E-state index contributed by atoms with van der Waals surface area (Å²) in [5, 5.41) is 120. The molecule has 3 heterocycles. The van der Waals surface area contributed by atoms with E-state index in [1.54, 1.807) is 0 Å². The highest BCUT2D eigenvalue weighted by atomic mass is 16.8. The summed E-state index contributed by atoms with van der Waals surface area (Å²) in [4.78, 5) is 13.3. The fraction of sp³-hybridized carbons (Fsp3) is 0.948. The van der Waals surface area contributed by atoms with E-state index in [1.807, 2.05) is 0 Å². The van der Waals surface area contributed by atoms with Crippen LogP contribution < -0.4 is 5.32 Å². The van der Waals surface area contributed by atoms with Crippen molar-refractivity contribution in [1.82, 2.24) is 5.32 Å². The number of nitrogens with one attached hydrogen (secondary N) is 1. The van der Waals surface area contributed by atoms with Crippen molar-refractivity contribution in [1.29, 1.82) is 0 Å². The Bertz CT molecular complexity index is 1460. The predicted molar refractivity (Wildman–Crippen MR) is 291 cm³/mol. The number of ether oxygens (including phenoxy) is 6. The molecule has 3 aliphatic rings. The van der Waals surface area contributed by atoms with E-state index < -0.39 is 124 Å². The zero-order valence-electron chi connectivity index (χ0n) is 47.2. The molecule has 0 aliphatic carbocycles. The number of carbonyl (C=O) groups is 1. The van der Waals surface area contributed by atoms with E-state index >= 15 is 0 Å². The number of hydrogen-bond donors (Lipinski definition) is 12. The molecule has 17 unspecified atom stereocenters. The van der Waals surface area contributed by atoms with Crippen LogP contribution in [-0.4, -0.2) is 193 Å². The molecule has 0 bridgehead atoms. The van der Waals surface area contributed by atoms with Crippen molar-refractivity contribution in [2.45, 2.75) is 324 Å². The Morgan fingerprint density at radius 1 is 0.455 bits per heavy atom. The first-order chi connectivity index (χ1) is 37.3. The van der Waals surface area contributed by atoms with Gasteiger partial charge in [0, 0.05) is 6.42 Å². The van der Waals surface area contributed by atoms with Crippen LogP contribution in [-0.2, 0) is 33.2 Å². The van der Waals surface area contributed by atoms with Gasteiger partial charge in [0.1, 0.15) is 73.2 Å². The molecular weight excluding hydrogens is 999 g/mol. The summed E-state index contributed by atoms with van der Waals surface area (Å²) in [7, 11) is 0. The summed E-state index contributed by atoms with van der Waals surface area (Å²) < 4.78 is 34.2. The van der Waals surface area contributed by atoms with Crippen molar-refractivity contribution < 1.29 is 89.4 Å². The summed E-state index contributed by atoms with van der Waals surface area (Å²) >= 11 is 0. The van der Waals surface area contributed by atoms with E-state index in [0.29, 0.717) is 12.8 Å². The average Bonchev–Trinajstić information content (AvgIpc) is 3.43. The molecule has 12 N–H and O–H groups in total. The monoisotopic (exact) mass is 1110 g/mol. The molecule has 77 heavy (non-hydrogen) atoms. The Hall–Kier alpha value is -1.47. The number of carbonyl (C=O) groups excluding carboxylic acids is 1. The molecule has 0 aromatic heterocycles. The Labute approximate surface area is 461 Å². The van der Waals surface area contributed by atoms with Gasteiger partial charge in [-0.2, -0.15) is 0 Å². The summed E-state index contributed by atoms with van der Waals surface area (Å²) in [6.07, 6.45) is 15.0. The molecule has 0 aromatic carbocycles. The van der Waals surface area contributed by atoms with Crippen molar-refractivity contribution in [3.8, 4) is 0 Å². The molecule has 0 radical (unpaired) electrons. The van der Waals surface area contributed by atoms with Crippen LogP contribution in [0.1, 0.15) is 219 Å². The summed E-state index contributed by atoms with van der Waals surface area (Å²) in [6.45, 7) is 1.73. The molecule has 0 spiro atoms. The van der Waals surface area contributed by atoms with Gasteiger partial charge in [0.25, 0.3) is 0 Å². The van der Waals surface area contributed by atoms with Gasteiger partial charge in [-0.1, -0.05) is 187 Å². The van der Waals surface area contributed by atoms with E-state index in [-0.39, 0.29) is 18.9 Å². The van der Waals surface area contributed by atoms with E-state index in [1.165, 1.54) is 128 Å². The van der Waals surface area contributed by atoms with Gasteiger partial charge in [-0.05, 0) is 38.5 Å². The lowest BCUT2D eigenvalue weighted by Gasteiger charge is -2.48. The van der Waals surface area contributed by atoms with Crippen LogP contribution >= 0.6 is 0 Å². The number of unbranched alkanes of at least 4 members (excludes halogenated alkanes) is 27. The molecule has 19 heteroatoms. The van der Waals surface area contributed by atoms with Crippen molar-refractivity contribution in [3.05, 3.63) is 12.2 Å². The summed E-state index contributed by atoms with van der Waals surface area (Å²) in [5.74, 6) is -0.246. The van der Waals surface area contributed by atoms with Crippen molar-refractivity contribution in [2.75, 3.05) is 26.4 Å². The van der Waals surface area contributed by atoms with E-state index in [2.05, 4.69) is 31.3 Å². The second-order valence-electron chi connectivity index (χ2n) is 22.2. The number of allylic oxidation sites excluding steroid dienone is 2. The van der Waals surface area contributed by atoms with Gasteiger partial charge in [0.05, 0.1) is 38.6 Å². The smallest absolute Gasteiger partial charge is 0.220 e. The SMILES string of the molecule is CCCCCCCCCC/C=C\CCCCCCCCCCCCCCCC(=O)NC(COC1OC(CO)C(OC2OC(CO)C(OC3OC(CO)C(O)C(O)C3O)C(O)C2O)C(O)C1O)C(O)CCCCCCCCC. The van der Waals surface area contributed by atoms with Crippen LogP contribution in [0.3, 0.4) is 0 Å². The normalized spacial score (nSPS) is 30.7. The van der Waals surface area contributed by atoms with Crippen LogP contribution in [0.4, 0.5) is 0 Å². The third-order valence-electron chi connectivity index (χ3n) is 15.6. The largest absolute Gasteiger partial charge is 0.394 e. The summed E-state index contributed by atoms with van der Waals surface area (Å²) in [5.41, 5.74) is 0. The van der Waals surface area contributed by atoms with Gasteiger partial charge < -0.3 is 89.9 Å². The van der Waals surface area contributed by atoms with E-state index in [9.17, 15) is 61.0 Å². The van der Waals surface area contributed by atoms with Crippen LogP contribution in [0, 0.1) is 0 Å². The first-order valence-electron chi connectivity index (χ1n) is 30.4. The molecule has 3 fully saturated rings. The minimum atomic E-state index is -1.97. The number of aliphatic hydroxyl groups is 11. The molecule has 3 aliphatic heterocycles. The van der Waals surface area contributed by atoms with Gasteiger partial charge in [0.15, 0.2) is 18.9 Å². The highest BCUT2D eigenvalue weighted by Crippen LogP contribution is 2.33. The van der Waals surface area contributed by atoms with Crippen molar-refractivity contribution in [3.63, 3.8) is 0 Å². The number of amides is 1. The van der Waals surface area contributed by atoms with Crippen LogP contribution in [0.25, 0.3) is 0 Å². The molecule has 17 atom stereocenters.